The van der Waals surface area contributed by atoms with Crippen LogP contribution in [0, 0.1) is 12.8 Å². The fourth-order valence-corrected chi connectivity index (χ4v) is 2.25. The Bertz CT molecular complexity index is 599. The van der Waals surface area contributed by atoms with Crippen LogP contribution in [0.15, 0.2) is 48.7 Å². The van der Waals surface area contributed by atoms with Crippen LogP contribution in [-0.4, -0.2) is 22.6 Å². The topological polar surface area (TPSA) is 53.4 Å². The van der Waals surface area contributed by atoms with Crippen molar-refractivity contribution in [2.45, 2.75) is 20.4 Å². The molecule has 0 radical (unpaired) electrons. The molecular weight excluding hydrogens is 264 g/mol. The van der Waals surface area contributed by atoms with Gasteiger partial charge in [-0.05, 0) is 24.1 Å². The average Bonchev–Trinajstić information content (AvgIpc) is 2.48. The SMILES string of the molecule is Cc1cccnc1N(Cc1ccccc1)CC(C)C(=O)O. The summed E-state index contributed by atoms with van der Waals surface area (Å²) in [6, 6.07) is 13.9. The second-order valence-electron chi connectivity index (χ2n) is 5.25. The number of carboxylic acid groups (broad SMARTS) is 1. The Morgan fingerprint density at radius 1 is 1.24 bits per heavy atom. The predicted molar refractivity (Wildman–Crippen MR) is 83.3 cm³/mol. The maximum atomic E-state index is 11.2. The molecule has 0 amide bonds. The van der Waals surface area contributed by atoms with Crippen LogP contribution in [0.25, 0.3) is 0 Å². The van der Waals surface area contributed by atoms with Gasteiger partial charge >= 0.3 is 5.97 Å². The summed E-state index contributed by atoms with van der Waals surface area (Å²) in [5.74, 6) is -0.397. The lowest BCUT2D eigenvalue weighted by molar-refractivity contribution is -0.140. The number of carbonyl (C=O) groups is 1. The van der Waals surface area contributed by atoms with Crippen LogP contribution >= 0.6 is 0 Å². The second kappa shape index (κ2) is 6.88. The largest absolute Gasteiger partial charge is 0.481 e. The maximum Gasteiger partial charge on any atom is 0.308 e. The molecule has 2 aromatic rings. The van der Waals surface area contributed by atoms with Gasteiger partial charge in [0.2, 0.25) is 0 Å². The number of aryl methyl sites for hydroxylation is 1. The van der Waals surface area contributed by atoms with Gasteiger partial charge < -0.3 is 10.0 Å². The van der Waals surface area contributed by atoms with Gasteiger partial charge in [-0.1, -0.05) is 43.3 Å². The Hall–Kier alpha value is -2.36. The van der Waals surface area contributed by atoms with Crippen molar-refractivity contribution >= 4 is 11.8 Å². The molecule has 0 saturated carbocycles. The number of hydrogen-bond acceptors (Lipinski definition) is 3. The number of aromatic nitrogens is 1. The monoisotopic (exact) mass is 284 g/mol. The molecule has 1 atom stereocenters. The third-order valence-electron chi connectivity index (χ3n) is 3.41. The van der Waals surface area contributed by atoms with E-state index >= 15 is 0 Å². The molecule has 0 aliphatic heterocycles. The molecule has 21 heavy (non-hydrogen) atoms. The molecule has 0 saturated heterocycles. The minimum atomic E-state index is -0.790. The molecule has 0 aliphatic carbocycles. The zero-order chi connectivity index (χ0) is 15.2. The molecule has 1 N–H and O–H groups in total. The van der Waals surface area contributed by atoms with Crippen LogP contribution in [0.1, 0.15) is 18.1 Å². The molecule has 1 unspecified atom stereocenters. The first-order chi connectivity index (χ1) is 10.1. The number of hydrogen-bond donors (Lipinski definition) is 1. The number of carboxylic acids is 1. The van der Waals surface area contributed by atoms with E-state index in [1.807, 2.05) is 54.3 Å². The number of aliphatic carboxylic acids is 1. The average molecular weight is 284 g/mol. The van der Waals surface area contributed by atoms with E-state index in [0.717, 1.165) is 16.9 Å². The molecule has 1 aromatic heterocycles. The van der Waals surface area contributed by atoms with Crippen LogP contribution < -0.4 is 4.90 Å². The standard InChI is InChI=1S/C17H20N2O2/c1-13-7-6-10-18-16(13)19(11-14(2)17(20)21)12-15-8-4-3-5-9-15/h3-10,14H,11-12H2,1-2H3,(H,20,21). The highest BCUT2D eigenvalue weighted by molar-refractivity contribution is 5.70. The number of pyridine rings is 1. The smallest absolute Gasteiger partial charge is 0.308 e. The van der Waals surface area contributed by atoms with Crippen molar-refractivity contribution in [2.75, 3.05) is 11.4 Å². The second-order valence-corrected chi connectivity index (χ2v) is 5.25. The highest BCUT2D eigenvalue weighted by atomic mass is 16.4. The van der Waals surface area contributed by atoms with Gasteiger partial charge in [-0.25, -0.2) is 4.98 Å². The van der Waals surface area contributed by atoms with E-state index in [2.05, 4.69) is 4.98 Å². The molecule has 1 heterocycles. The maximum absolute atomic E-state index is 11.2. The minimum absolute atomic E-state index is 0.433. The molecule has 0 aliphatic rings. The molecule has 0 spiro atoms. The lowest BCUT2D eigenvalue weighted by Gasteiger charge is -2.27. The van der Waals surface area contributed by atoms with Crippen molar-refractivity contribution in [3.63, 3.8) is 0 Å². The first-order valence-corrected chi connectivity index (χ1v) is 7.01. The molecule has 110 valence electrons. The van der Waals surface area contributed by atoms with E-state index in [9.17, 15) is 4.79 Å². The van der Waals surface area contributed by atoms with Gasteiger partial charge in [0.25, 0.3) is 0 Å². The van der Waals surface area contributed by atoms with Crippen LogP contribution in [0.4, 0.5) is 5.82 Å². The predicted octanol–water partition coefficient (Wildman–Crippen LogP) is 3.12. The summed E-state index contributed by atoms with van der Waals surface area (Å²) in [5.41, 5.74) is 2.19. The van der Waals surface area contributed by atoms with E-state index in [1.54, 1.807) is 13.1 Å². The molecule has 0 fully saturated rings. The Balaban J connectivity index is 2.26. The van der Waals surface area contributed by atoms with Crippen LogP contribution in [0.5, 0.6) is 0 Å². The fourth-order valence-electron chi connectivity index (χ4n) is 2.25. The number of rotatable bonds is 6. The lowest BCUT2D eigenvalue weighted by Crippen LogP contribution is -2.32. The summed E-state index contributed by atoms with van der Waals surface area (Å²) in [6.07, 6.45) is 1.74. The summed E-state index contributed by atoms with van der Waals surface area (Å²) >= 11 is 0. The first kappa shape index (κ1) is 15.0. The molecular formula is C17H20N2O2. The zero-order valence-electron chi connectivity index (χ0n) is 12.4. The highest BCUT2D eigenvalue weighted by Gasteiger charge is 2.18. The molecule has 4 heteroatoms. The third kappa shape index (κ3) is 4.05. The van der Waals surface area contributed by atoms with Gasteiger partial charge in [-0.3, -0.25) is 4.79 Å². The van der Waals surface area contributed by atoms with Gasteiger partial charge in [0.15, 0.2) is 0 Å². The summed E-state index contributed by atoms with van der Waals surface area (Å²) in [7, 11) is 0. The van der Waals surface area contributed by atoms with Gasteiger partial charge in [0.1, 0.15) is 5.82 Å². The first-order valence-electron chi connectivity index (χ1n) is 7.01. The number of nitrogens with zero attached hydrogens (tertiary/aromatic N) is 2. The summed E-state index contributed by atoms with van der Waals surface area (Å²) in [6.45, 7) is 4.79. The van der Waals surface area contributed by atoms with Crippen molar-refractivity contribution in [1.82, 2.24) is 4.98 Å². The van der Waals surface area contributed by atoms with Crippen molar-refractivity contribution in [2.24, 2.45) is 5.92 Å². The van der Waals surface area contributed by atoms with Crippen molar-refractivity contribution < 1.29 is 9.90 Å². The molecule has 4 nitrogen and oxygen atoms in total. The molecule has 0 bridgehead atoms. The summed E-state index contributed by atoms with van der Waals surface area (Å²) in [5, 5.41) is 9.17. The Morgan fingerprint density at radius 2 is 1.95 bits per heavy atom. The van der Waals surface area contributed by atoms with Crippen molar-refractivity contribution in [3.8, 4) is 0 Å². The lowest BCUT2D eigenvalue weighted by atomic mass is 10.1. The van der Waals surface area contributed by atoms with Crippen molar-refractivity contribution in [3.05, 3.63) is 59.8 Å². The van der Waals surface area contributed by atoms with Crippen LogP contribution in [-0.2, 0) is 11.3 Å². The fraction of sp³-hybridized carbons (Fsp3) is 0.294. The quantitative estimate of drug-likeness (QED) is 0.885. The van der Waals surface area contributed by atoms with Gasteiger partial charge in [-0.15, -0.1) is 0 Å². The van der Waals surface area contributed by atoms with E-state index in [1.165, 1.54) is 0 Å². The number of benzene rings is 1. The van der Waals surface area contributed by atoms with E-state index < -0.39 is 11.9 Å². The highest BCUT2D eigenvalue weighted by Crippen LogP contribution is 2.20. The third-order valence-corrected chi connectivity index (χ3v) is 3.41. The number of anilines is 1. The Labute approximate surface area is 125 Å². The summed E-state index contributed by atoms with van der Waals surface area (Å²) < 4.78 is 0. The zero-order valence-corrected chi connectivity index (χ0v) is 12.4. The Morgan fingerprint density at radius 3 is 2.57 bits per heavy atom. The normalized spacial score (nSPS) is 11.9. The Kier molecular flexibility index (Phi) is 4.93. The minimum Gasteiger partial charge on any atom is -0.481 e. The summed E-state index contributed by atoms with van der Waals surface area (Å²) in [4.78, 5) is 17.6. The van der Waals surface area contributed by atoms with Gasteiger partial charge in [0, 0.05) is 19.3 Å². The van der Waals surface area contributed by atoms with E-state index in [4.69, 9.17) is 5.11 Å². The molecule has 2 rings (SSSR count). The van der Waals surface area contributed by atoms with E-state index in [0.29, 0.717) is 13.1 Å². The van der Waals surface area contributed by atoms with E-state index in [-0.39, 0.29) is 0 Å². The van der Waals surface area contributed by atoms with Gasteiger partial charge in [-0.2, -0.15) is 0 Å². The van der Waals surface area contributed by atoms with Crippen LogP contribution in [0.2, 0.25) is 0 Å². The van der Waals surface area contributed by atoms with Crippen molar-refractivity contribution in [1.29, 1.82) is 0 Å². The molecule has 1 aromatic carbocycles. The van der Waals surface area contributed by atoms with Crippen LogP contribution in [0.3, 0.4) is 0 Å². The van der Waals surface area contributed by atoms with Gasteiger partial charge in [0.05, 0.1) is 5.92 Å².